The molecule has 25 heavy (non-hydrogen) atoms. The second kappa shape index (κ2) is 7.68. The number of hydrogen-bond donors (Lipinski definition) is 0. The largest absolute Gasteiger partial charge is 0.381 e. The van der Waals surface area contributed by atoms with Crippen LogP contribution in [-0.4, -0.2) is 54.1 Å². The van der Waals surface area contributed by atoms with Crippen molar-refractivity contribution < 1.29 is 9.53 Å². The van der Waals surface area contributed by atoms with Gasteiger partial charge in [0.1, 0.15) is 0 Å². The smallest absolute Gasteiger partial charge is 0.264 e. The summed E-state index contributed by atoms with van der Waals surface area (Å²) in [5, 5.41) is 1.97. The van der Waals surface area contributed by atoms with Crippen molar-refractivity contribution in [2.24, 2.45) is 0 Å². The first-order valence-corrected chi connectivity index (χ1v) is 9.89. The zero-order valence-electron chi connectivity index (χ0n) is 14.3. The molecule has 5 heteroatoms. The molecule has 0 N–H and O–H groups in total. The Kier molecular flexibility index (Phi) is 5.15. The maximum atomic E-state index is 12.5. The van der Waals surface area contributed by atoms with Gasteiger partial charge in [0.15, 0.2) is 0 Å². The van der Waals surface area contributed by atoms with Gasteiger partial charge >= 0.3 is 0 Å². The van der Waals surface area contributed by atoms with Crippen LogP contribution < -0.4 is 0 Å². The minimum atomic E-state index is 0.179. The quantitative estimate of drug-likeness (QED) is 0.824. The van der Waals surface area contributed by atoms with Crippen LogP contribution in [0.4, 0.5) is 0 Å². The minimum absolute atomic E-state index is 0.179. The monoisotopic (exact) mass is 356 g/mol. The molecule has 3 heterocycles. The average molecular weight is 356 g/mol. The number of thiophene rings is 1. The molecule has 2 aromatic rings. The molecule has 2 aliphatic rings. The predicted octanol–water partition coefficient (Wildman–Crippen LogP) is 3.25. The number of carbonyl (C=O) groups excluding carboxylic acids is 1. The van der Waals surface area contributed by atoms with E-state index in [-0.39, 0.29) is 5.91 Å². The van der Waals surface area contributed by atoms with E-state index >= 15 is 0 Å². The van der Waals surface area contributed by atoms with E-state index in [1.54, 1.807) is 0 Å². The molecule has 1 aromatic carbocycles. The van der Waals surface area contributed by atoms with Crippen molar-refractivity contribution in [3.05, 3.63) is 58.3 Å². The van der Waals surface area contributed by atoms with Crippen LogP contribution in [0, 0.1) is 0 Å². The third-order valence-electron chi connectivity index (χ3n) is 5.22. The summed E-state index contributed by atoms with van der Waals surface area (Å²) in [5.74, 6) is 0.179. The van der Waals surface area contributed by atoms with Gasteiger partial charge in [-0.2, -0.15) is 0 Å². The lowest BCUT2D eigenvalue weighted by atomic mass is 9.98. The number of hydrogen-bond acceptors (Lipinski definition) is 4. The van der Waals surface area contributed by atoms with Crippen molar-refractivity contribution >= 4 is 17.2 Å². The highest BCUT2D eigenvalue weighted by Crippen LogP contribution is 2.27. The molecule has 0 aliphatic carbocycles. The van der Waals surface area contributed by atoms with Crippen molar-refractivity contribution in [1.82, 2.24) is 9.80 Å². The highest BCUT2D eigenvalue weighted by molar-refractivity contribution is 7.12. The predicted molar refractivity (Wildman–Crippen MR) is 99.8 cm³/mol. The van der Waals surface area contributed by atoms with Crippen LogP contribution in [0.2, 0.25) is 0 Å². The van der Waals surface area contributed by atoms with Crippen molar-refractivity contribution in [3.63, 3.8) is 0 Å². The average Bonchev–Trinajstić information content (AvgIpc) is 3.16. The third kappa shape index (κ3) is 3.78. The lowest BCUT2D eigenvalue weighted by Crippen LogP contribution is -2.63. The minimum Gasteiger partial charge on any atom is -0.381 e. The SMILES string of the molecule is O=C(c1cccs1)N1CC(N(Cc2ccccc2)C2CCOCC2)C1. The molecular weight excluding hydrogens is 332 g/mol. The molecule has 0 spiro atoms. The summed E-state index contributed by atoms with van der Waals surface area (Å²) >= 11 is 1.53. The fraction of sp³-hybridized carbons (Fsp3) is 0.450. The standard InChI is InChI=1S/C20H24N2O2S/c23-20(19-7-4-12-25-19)21-14-18(15-21)22(17-8-10-24-11-9-17)13-16-5-2-1-3-6-16/h1-7,12,17-18H,8-11,13-15H2. The van der Waals surface area contributed by atoms with Crippen LogP contribution in [0.5, 0.6) is 0 Å². The number of amides is 1. The summed E-state index contributed by atoms with van der Waals surface area (Å²) in [5.41, 5.74) is 1.34. The first-order valence-electron chi connectivity index (χ1n) is 9.01. The molecule has 2 aliphatic heterocycles. The summed E-state index contributed by atoms with van der Waals surface area (Å²) in [6.07, 6.45) is 2.17. The Balaban J connectivity index is 1.43. The molecule has 0 unspecified atom stereocenters. The number of rotatable bonds is 5. The van der Waals surface area contributed by atoms with Gasteiger partial charge in [0, 0.05) is 44.9 Å². The summed E-state index contributed by atoms with van der Waals surface area (Å²) < 4.78 is 5.55. The lowest BCUT2D eigenvalue weighted by Gasteiger charge is -2.49. The van der Waals surface area contributed by atoms with Gasteiger partial charge in [0.05, 0.1) is 4.88 Å². The zero-order chi connectivity index (χ0) is 17.1. The van der Waals surface area contributed by atoms with Crippen LogP contribution in [0.25, 0.3) is 0 Å². The van der Waals surface area contributed by atoms with E-state index in [1.807, 2.05) is 22.4 Å². The second-order valence-electron chi connectivity index (χ2n) is 6.84. The van der Waals surface area contributed by atoms with E-state index in [9.17, 15) is 4.79 Å². The fourth-order valence-corrected chi connectivity index (χ4v) is 4.45. The first-order chi connectivity index (χ1) is 12.3. The van der Waals surface area contributed by atoms with Crippen LogP contribution in [0.3, 0.4) is 0 Å². The molecule has 4 rings (SSSR count). The van der Waals surface area contributed by atoms with E-state index in [0.29, 0.717) is 12.1 Å². The normalized spacial score (nSPS) is 19.2. The van der Waals surface area contributed by atoms with Gasteiger partial charge in [-0.15, -0.1) is 11.3 Å². The van der Waals surface area contributed by atoms with Crippen molar-refractivity contribution in [1.29, 1.82) is 0 Å². The van der Waals surface area contributed by atoms with Gasteiger partial charge in [0.2, 0.25) is 0 Å². The highest BCUT2D eigenvalue weighted by Gasteiger charge is 2.38. The van der Waals surface area contributed by atoms with Crippen LogP contribution in [0.15, 0.2) is 47.8 Å². The summed E-state index contributed by atoms with van der Waals surface area (Å²) in [6.45, 7) is 4.32. The Morgan fingerprint density at radius 3 is 2.52 bits per heavy atom. The molecule has 0 atom stereocenters. The highest BCUT2D eigenvalue weighted by atomic mass is 32.1. The molecule has 0 radical (unpaired) electrons. The van der Waals surface area contributed by atoms with E-state index in [4.69, 9.17) is 4.74 Å². The van der Waals surface area contributed by atoms with Crippen molar-refractivity contribution in [3.8, 4) is 0 Å². The van der Waals surface area contributed by atoms with Gasteiger partial charge in [-0.05, 0) is 29.9 Å². The molecule has 132 valence electrons. The Hall–Kier alpha value is -1.69. The van der Waals surface area contributed by atoms with Gasteiger partial charge in [0.25, 0.3) is 5.91 Å². The Morgan fingerprint density at radius 1 is 1.08 bits per heavy atom. The molecule has 1 amide bonds. The molecule has 0 saturated carbocycles. The van der Waals surface area contributed by atoms with E-state index in [1.165, 1.54) is 16.9 Å². The van der Waals surface area contributed by atoms with Gasteiger partial charge < -0.3 is 9.64 Å². The van der Waals surface area contributed by atoms with Crippen LogP contribution in [-0.2, 0) is 11.3 Å². The topological polar surface area (TPSA) is 32.8 Å². The molecule has 2 saturated heterocycles. The molecule has 0 bridgehead atoms. The number of nitrogens with zero attached hydrogens (tertiary/aromatic N) is 2. The summed E-state index contributed by atoms with van der Waals surface area (Å²) in [6, 6.07) is 15.5. The molecule has 1 aromatic heterocycles. The molecule has 2 fully saturated rings. The molecular formula is C20H24N2O2S. The van der Waals surface area contributed by atoms with E-state index in [0.717, 1.165) is 50.6 Å². The van der Waals surface area contributed by atoms with Crippen molar-refractivity contribution in [2.45, 2.75) is 31.5 Å². The fourth-order valence-electron chi connectivity index (χ4n) is 3.75. The lowest BCUT2D eigenvalue weighted by molar-refractivity contribution is -0.0288. The third-order valence-corrected chi connectivity index (χ3v) is 6.08. The number of carbonyl (C=O) groups is 1. The summed E-state index contributed by atoms with van der Waals surface area (Å²) in [7, 11) is 0. The molecule has 4 nitrogen and oxygen atoms in total. The summed E-state index contributed by atoms with van der Waals surface area (Å²) in [4.78, 5) is 17.9. The number of likely N-dealkylation sites (tertiary alicyclic amines) is 1. The number of ether oxygens (including phenoxy) is 1. The maximum Gasteiger partial charge on any atom is 0.264 e. The first kappa shape index (κ1) is 16.8. The Morgan fingerprint density at radius 2 is 1.84 bits per heavy atom. The number of benzene rings is 1. The zero-order valence-corrected chi connectivity index (χ0v) is 15.2. The van der Waals surface area contributed by atoms with E-state index < -0.39 is 0 Å². The van der Waals surface area contributed by atoms with Gasteiger partial charge in [-0.3, -0.25) is 9.69 Å². The van der Waals surface area contributed by atoms with Crippen molar-refractivity contribution in [2.75, 3.05) is 26.3 Å². The van der Waals surface area contributed by atoms with Gasteiger partial charge in [-0.1, -0.05) is 36.4 Å². The van der Waals surface area contributed by atoms with Crippen LogP contribution in [0.1, 0.15) is 28.1 Å². The van der Waals surface area contributed by atoms with E-state index in [2.05, 4.69) is 35.2 Å². The second-order valence-corrected chi connectivity index (χ2v) is 7.79. The van der Waals surface area contributed by atoms with Crippen LogP contribution >= 0.6 is 11.3 Å². The Bertz CT molecular complexity index is 677. The Labute approximate surface area is 153 Å². The van der Waals surface area contributed by atoms with Gasteiger partial charge in [-0.25, -0.2) is 0 Å². The maximum absolute atomic E-state index is 12.5.